The molecule has 24 heavy (non-hydrogen) atoms. The summed E-state index contributed by atoms with van der Waals surface area (Å²) >= 11 is 0. The lowest BCUT2D eigenvalue weighted by Gasteiger charge is -2.30. The largest absolute Gasteiger partial charge is 0.486 e. The molecule has 0 aromatic heterocycles. The van der Waals surface area contributed by atoms with E-state index in [4.69, 9.17) is 9.47 Å². The number of ether oxygens (including phenoxy) is 2. The maximum absolute atomic E-state index is 13.4. The number of rotatable bonds is 5. The molecule has 0 saturated carbocycles. The molecule has 5 nitrogen and oxygen atoms in total. The van der Waals surface area contributed by atoms with Gasteiger partial charge in [0.1, 0.15) is 18.5 Å². The first kappa shape index (κ1) is 16.7. The van der Waals surface area contributed by atoms with Crippen molar-refractivity contribution in [3.8, 4) is 11.5 Å². The summed E-state index contributed by atoms with van der Waals surface area (Å²) in [6.07, 6.45) is -0.428. The predicted octanol–water partition coefficient (Wildman–Crippen LogP) is 2.68. The van der Waals surface area contributed by atoms with E-state index in [1.54, 1.807) is 19.1 Å². The minimum atomic E-state index is -3.79. The smallest absolute Gasteiger partial charge is 0.243 e. The third-order valence-corrected chi connectivity index (χ3v) is 5.70. The second-order valence-electron chi connectivity index (χ2n) is 5.41. The van der Waals surface area contributed by atoms with Gasteiger partial charge in [-0.25, -0.2) is 12.8 Å². The van der Waals surface area contributed by atoms with Crippen LogP contribution in [0.4, 0.5) is 4.39 Å². The van der Waals surface area contributed by atoms with Crippen LogP contribution in [0.5, 0.6) is 11.5 Å². The van der Waals surface area contributed by atoms with Crippen molar-refractivity contribution in [3.05, 3.63) is 54.3 Å². The van der Waals surface area contributed by atoms with Gasteiger partial charge >= 0.3 is 0 Å². The Morgan fingerprint density at radius 2 is 1.92 bits per heavy atom. The summed E-state index contributed by atoms with van der Waals surface area (Å²) in [6, 6.07) is 12.2. The summed E-state index contributed by atoms with van der Waals surface area (Å²) in [5.41, 5.74) is 0. The molecular weight excluding hydrogens is 333 g/mol. The molecule has 0 aliphatic carbocycles. The van der Waals surface area contributed by atoms with Gasteiger partial charge in [0.15, 0.2) is 11.5 Å². The zero-order chi connectivity index (χ0) is 17.2. The quantitative estimate of drug-likeness (QED) is 0.831. The number of fused-ring (bicyclic) bond motifs is 1. The van der Waals surface area contributed by atoms with Gasteiger partial charge in [-0.15, -0.1) is 0 Å². The molecule has 128 valence electrons. The lowest BCUT2D eigenvalue weighted by molar-refractivity contribution is 0.0771. The average Bonchev–Trinajstić information content (AvgIpc) is 2.59. The van der Waals surface area contributed by atoms with Gasteiger partial charge < -0.3 is 9.47 Å². The van der Waals surface area contributed by atoms with E-state index in [1.807, 2.05) is 12.1 Å². The number of sulfonamides is 1. The first-order chi connectivity index (χ1) is 11.5. The van der Waals surface area contributed by atoms with Crippen LogP contribution in [-0.4, -0.2) is 38.5 Å². The molecule has 2 aromatic carbocycles. The summed E-state index contributed by atoms with van der Waals surface area (Å²) in [7, 11) is -3.79. The topological polar surface area (TPSA) is 55.8 Å². The molecule has 1 aliphatic heterocycles. The summed E-state index contributed by atoms with van der Waals surface area (Å²) in [5, 5.41) is 0. The van der Waals surface area contributed by atoms with Crippen molar-refractivity contribution >= 4 is 10.0 Å². The van der Waals surface area contributed by atoms with E-state index < -0.39 is 21.9 Å². The van der Waals surface area contributed by atoms with E-state index in [2.05, 4.69) is 0 Å². The zero-order valence-corrected chi connectivity index (χ0v) is 14.0. The SMILES string of the molecule is CCN(CC1COc2ccccc2O1)S(=O)(=O)c1cccc(F)c1. The lowest BCUT2D eigenvalue weighted by Crippen LogP contribution is -2.43. The van der Waals surface area contributed by atoms with E-state index in [1.165, 1.54) is 22.5 Å². The Bertz CT molecular complexity index is 825. The molecule has 3 rings (SSSR count). The van der Waals surface area contributed by atoms with Crippen LogP contribution in [-0.2, 0) is 10.0 Å². The molecule has 2 aromatic rings. The van der Waals surface area contributed by atoms with Gasteiger partial charge in [0.25, 0.3) is 0 Å². The maximum atomic E-state index is 13.4. The summed E-state index contributed by atoms with van der Waals surface area (Å²) in [5.74, 6) is 0.649. The van der Waals surface area contributed by atoms with Crippen LogP contribution >= 0.6 is 0 Å². The first-order valence-corrected chi connectivity index (χ1v) is 9.09. The van der Waals surface area contributed by atoms with Gasteiger partial charge in [-0.1, -0.05) is 25.1 Å². The number of nitrogens with zero attached hydrogens (tertiary/aromatic N) is 1. The number of halogens is 1. The highest BCUT2D eigenvalue weighted by Crippen LogP contribution is 2.31. The van der Waals surface area contributed by atoms with E-state index in [0.717, 1.165) is 6.07 Å². The average molecular weight is 351 g/mol. The Balaban J connectivity index is 1.78. The third kappa shape index (κ3) is 3.37. The third-order valence-electron chi connectivity index (χ3n) is 3.76. The summed E-state index contributed by atoms with van der Waals surface area (Å²) in [4.78, 5) is -0.0681. The highest BCUT2D eigenvalue weighted by molar-refractivity contribution is 7.89. The lowest BCUT2D eigenvalue weighted by atomic mass is 10.2. The Labute approximate surface area is 140 Å². The van der Waals surface area contributed by atoms with Crippen LogP contribution in [0.2, 0.25) is 0 Å². The molecule has 0 radical (unpaired) electrons. The van der Waals surface area contributed by atoms with E-state index in [0.29, 0.717) is 11.5 Å². The molecule has 7 heteroatoms. The van der Waals surface area contributed by atoms with Crippen LogP contribution in [0.25, 0.3) is 0 Å². The fraction of sp³-hybridized carbons (Fsp3) is 0.294. The fourth-order valence-electron chi connectivity index (χ4n) is 2.55. The van der Waals surface area contributed by atoms with Crippen molar-refractivity contribution in [1.29, 1.82) is 0 Å². The Kier molecular flexibility index (Phi) is 4.73. The van der Waals surface area contributed by atoms with Gasteiger partial charge in [0.05, 0.1) is 11.4 Å². The zero-order valence-electron chi connectivity index (χ0n) is 13.2. The van der Waals surface area contributed by atoms with Crippen LogP contribution in [0.15, 0.2) is 53.4 Å². The monoisotopic (exact) mass is 351 g/mol. The Hall–Kier alpha value is -2.12. The molecule has 0 N–H and O–H groups in total. The van der Waals surface area contributed by atoms with Gasteiger partial charge in [-0.2, -0.15) is 4.31 Å². The minimum absolute atomic E-state index is 0.0681. The fourth-order valence-corrected chi connectivity index (χ4v) is 4.07. The maximum Gasteiger partial charge on any atom is 0.243 e. The Morgan fingerprint density at radius 3 is 2.62 bits per heavy atom. The molecule has 0 amide bonds. The molecule has 0 saturated heterocycles. The highest BCUT2D eigenvalue weighted by atomic mass is 32.2. The van der Waals surface area contributed by atoms with Crippen molar-refractivity contribution in [1.82, 2.24) is 4.31 Å². The number of hydrogen-bond acceptors (Lipinski definition) is 4. The molecular formula is C17H18FNO4S. The van der Waals surface area contributed by atoms with Gasteiger partial charge in [0.2, 0.25) is 10.0 Å². The second kappa shape index (κ2) is 6.78. The first-order valence-electron chi connectivity index (χ1n) is 7.65. The minimum Gasteiger partial charge on any atom is -0.486 e. The molecule has 1 atom stereocenters. The predicted molar refractivity (Wildman–Crippen MR) is 87.2 cm³/mol. The standard InChI is InChI=1S/C17H18FNO4S/c1-2-19(24(20,21)15-7-5-6-13(18)10-15)11-14-12-22-16-8-3-4-9-17(16)23-14/h3-10,14H,2,11-12H2,1H3. The van der Waals surface area contributed by atoms with Gasteiger partial charge in [0, 0.05) is 6.54 Å². The van der Waals surface area contributed by atoms with Gasteiger partial charge in [-0.3, -0.25) is 0 Å². The van der Waals surface area contributed by atoms with Crippen molar-refractivity contribution in [2.24, 2.45) is 0 Å². The van der Waals surface area contributed by atoms with Crippen molar-refractivity contribution < 1.29 is 22.3 Å². The van der Waals surface area contributed by atoms with Crippen LogP contribution in [0, 0.1) is 5.82 Å². The molecule has 0 spiro atoms. The second-order valence-corrected chi connectivity index (χ2v) is 7.35. The van der Waals surface area contributed by atoms with E-state index in [-0.39, 0.29) is 24.6 Å². The number of likely N-dealkylation sites (N-methyl/N-ethyl adjacent to an activating group) is 1. The summed E-state index contributed by atoms with van der Waals surface area (Å²) < 4.78 is 51.5. The normalized spacial score (nSPS) is 17.0. The van der Waals surface area contributed by atoms with Crippen LogP contribution in [0.1, 0.15) is 6.92 Å². The van der Waals surface area contributed by atoms with E-state index in [9.17, 15) is 12.8 Å². The molecule has 1 aliphatic rings. The van der Waals surface area contributed by atoms with Gasteiger partial charge in [-0.05, 0) is 30.3 Å². The summed E-state index contributed by atoms with van der Waals surface area (Å²) in [6.45, 7) is 2.37. The molecule has 1 heterocycles. The van der Waals surface area contributed by atoms with Crippen molar-refractivity contribution in [2.75, 3.05) is 19.7 Å². The van der Waals surface area contributed by atoms with Crippen LogP contribution in [0.3, 0.4) is 0 Å². The number of benzene rings is 2. The number of para-hydroxylation sites is 2. The highest BCUT2D eigenvalue weighted by Gasteiger charge is 2.29. The van der Waals surface area contributed by atoms with Crippen molar-refractivity contribution in [3.63, 3.8) is 0 Å². The molecule has 0 bridgehead atoms. The van der Waals surface area contributed by atoms with E-state index >= 15 is 0 Å². The molecule has 0 fully saturated rings. The van der Waals surface area contributed by atoms with Crippen molar-refractivity contribution in [2.45, 2.75) is 17.9 Å². The Morgan fingerprint density at radius 1 is 1.17 bits per heavy atom. The number of hydrogen-bond donors (Lipinski definition) is 0. The molecule has 1 unspecified atom stereocenters. The van der Waals surface area contributed by atoms with Crippen LogP contribution < -0.4 is 9.47 Å².